The average Bonchev–Trinajstić information content (AvgIpc) is 2.88. The first-order valence-corrected chi connectivity index (χ1v) is 6.24. The van der Waals surface area contributed by atoms with E-state index >= 15 is 0 Å². The summed E-state index contributed by atoms with van der Waals surface area (Å²) in [4.78, 5) is 17.3. The van der Waals surface area contributed by atoms with Crippen LogP contribution in [0, 0.1) is 15.9 Å². The zero-order valence-electron chi connectivity index (χ0n) is 11.0. The van der Waals surface area contributed by atoms with Gasteiger partial charge in [0.05, 0.1) is 16.8 Å². The number of rotatable bonds is 6. The number of aromatic nitrogens is 2. The number of aromatic amines is 1. The minimum atomic E-state index is -0.840. The lowest BCUT2D eigenvalue weighted by Gasteiger charge is -1.99. The van der Waals surface area contributed by atoms with Crippen LogP contribution in [0.2, 0.25) is 0 Å². The number of H-pyrrole nitrogens is 1. The van der Waals surface area contributed by atoms with Crippen molar-refractivity contribution in [2.24, 2.45) is 0 Å². The van der Waals surface area contributed by atoms with Gasteiger partial charge in [-0.2, -0.15) is 4.39 Å². The van der Waals surface area contributed by atoms with Crippen LogP contribution in [0.3, 0.4) is 0 Å². The number of hydrogen-bond acceptors (Lipinski definition) is 4. The van der Waals surface area contributed by atoms with Crippen LogP contribution in [-0.2, 0) is 6.42 Å². The third-order valence-corrected chi connectivity index (χ3v) is 2.92. The molecule has 106 valence electrons. The Morgan fingerprint density at radius 3 is 3.00 bits per heavy atom. The predicted octanol–water partition coefficient (Wildman–Crippen LogP) is 2.28. The molecule has 1 aromatic heterocycles. The number of nitro benzene ring substituents is 1. The van der Waals surface area contributed by atoms with E-state index in [4.69, 9.17) is 0 Å². The lowest BCUT2D eigenvalue weighted by Crippen LogP contribution is -2.08. The lowest BCUT2D eigenvalue weighted by atomic mass is 10.1. The van der Waals surface area contributed by atoms with Crippen molar-refractivity contribution < 1.29 is 9.31 Å². The number of benzene rings is 1. The number of nitrogens with one attached hydrogen (secondary N) is 2. The van der Waals surface area contributed by atoms with Gasteiger partial charge in [-0.05, 0) is 32.1 Å². The summed E-state index contributed by atoms with van der Waals surface area (Å²) in [6.07, 6.45) is 3.32. The SMILES string of the molecule is CNCCCc1ncc(-c2ccc(F)c([N+](=O)[O-])c2)[nH]1. The molecule has 6 nitrogen and oxygen atoms in total. The Bertz CT molecular complexity index is 612. The summed E-state index contributed by atoms with van der Waals surface area (Å²) in [6, 6.07) is 3.79. The summed E-state index contributed by atoms with van der Waals surface area (Å²) in [5, 5.41) is 13.8. The molecule has 20 heavy (non-hydrogen) atoms. The summed E-state index contributed by atoms with van der Waals surface area (Å²) >= 11 is 0. The average molecular weight is 278 g/mol. The fourth-order valence-corrected chi connectivity index (χ4v) is 1.89. The third kappa shape index (κ3) is 3.18. The Morgan fingerprint density at radius 1 is 1.50 bits per heavy atom. The van der Waals surface area contributed by atoms with Gasteiger partial charge >= 0.3 is 5.69 Å². The molecule has 2 rings (SSSR count). The van der Waals surface area contributed by atoms with Crippen molar-refractivity contribution in [2.75, 3.05) is 13.6 Å². The van der Waals surface area contributed by atoms with Gasteiger partial charge < -0.3 is 10.3 Å². The number of nitro groups is 1. The highest BCUT2D eigenvalue weighted by atomic mass is 19.1. The number of hydrogen-bond donors (Lipinski definition) is 2. The highest BCUT2D eigenvalue weighted by Crippen LogP contribution is 2.25. The van der Waals surface area contributed by atoms with Crippen molar-refractivity contribution in [2.45, 2.75) is 12.8 Å². The van der Waals surface area contributed by atoms with Crippen molar-refractivity contribution >= 4 is 5.69 Å². The van der Waals surface area contributed by atoms with E-state index in [1.54, 1.807) is 6.20 Å². The summed E-state index contributed by atoms with van der Waals surface area (Å²) in [5.41, 5.74) is 0.659. The van der Waals surface area contributed by atoms with Gasteiger partial charge in [0.1, 0.15) is 5.82 Å². The van der Waals surface area contributed by atoms with E-state index in [0.29, 0.717) is 11.3 Å². The van der Waals surface area contributed by atoms with Gasteiger partial charge in [-0.15, -0.1) is 0 Å². The van der Waals surface area contributed by atoms with Crippen LogP contribution in [0.1, 0.15) is 12.2 Å². The smallest absolute Gasteiger partial charge is 0.305 e. The van der Waals surface area contributed by atoms with E-state index in [-0.39, 0.29) is 0 Å². The normalized spacial score (nSPS) is 10.7. The standard InChI is InChI=1S/C13H15FN4O2/c1-15-6-2-3-13-16-8-11(17-13)9-4-5-10(14)12(7-9)18(19)20/h4-5,7-8,15H,2-3,6H2,1H3,(H,16,17). The molecular formula is C13H15FN4O2. The van der Waals surface area contributed by atoms with E-state index in [1.807, 2.05) is 7.05 Å². The van der Waals surface area contributed by atoms with Crippen molar-refractivity contribution in [1.29, 1.82) is 0 Å². The van der Waals surface area contributed by atoms with Gasteiger partial charge in [0, 0.05) is 18.1 Å². The van der Waals surface area contributed by atoms with Crippen molar-refractivity contribution in [3.8, 4) is 11.3 Å². The first-order valence-electron chi connectivity index (χ1n) is 6.24. The van der Waals surface area contributed by atoms with Crippen LogP contribution in [0.4, 0.5) is 10.1 Å². The van der Waals surface area contributed by atoms with Crippen LogP contribution in [-0.4, -0.2) is 28.5 Å². The Morgan fingerprint density at radius 2 is 2.30 bits per heavy atom. The molecule has 0 radical (unpaired) electrons. The molecule has 0 unspecified atom stereocenters. The van der Waals surface area contributed by atoms with Gasteiger partial charge in [-0.3, -0.25) is 10.1 Å². The minimum absolute atomic E-state index is 0.533. The highest BCUT2D eigenvalue weighted by molar-refractivity contribution is 5.62. The lowest BCUT2D eigenvalue weighted by molar-refractivity contribution is -0.387. The van der Waals surface area contributed by atoms with Crippen LogP contribution in [0.5, 0.6) is 0 Å². The largest absolute Gasteiger partial charge is 0.342 e. The molecule has 0 amide bonds. The van der Waals surface area contributed by atoms with Crippen LogP contribution in [0.25, 0.3) is 11.3 Å². The Kier molecular flexibility index (Phi) is 4.41. The molecule has 0 spiro atoms. The van der Waals surface area contributed by atoms with Crippen LogP contribution in [0.15, 0.2) is 24.4 Å². The van der Waals surface area contributed by atoms with Gasteiger partial charge in [-0.1, -0.05) is 0 Å². The number of imidazole rings is 1. The van der Waals surface area contributed by atoms with Crippen molar-refractivity contribution in [1.82, 2.24) is 15.3 Å². The topological polar surface area (TPSA) is 83.8 Å². The maximum absolute atomic E-state index is 13.3. The molecule has 0 saturated heterocycles. The fraction of sp³-hybridized carbons (Fsp3) is 0.308. The van der Waals surface area contributed by atoms with E-state index in [2.05, 4.69) is 15.3 Å². The molecule has 2 aromatic rings. The first kappa shape index (κ1) is 14.1. The molecule has 0 aliphatic rings. The molecule has 7 heteroatoms. The Balaban J connectivity index is 2.19. The zero-order valence-corrected chi connectivity index (χ0v) is 11.0. The molecule has 2 N–H and O–H groups in total. The highest BCUT2D eigenvalue weighted by Gasteiger charge is 2.15. The molecular weight excluding hydrogens is 263 g/mol. The molecule has 0 aliphatic heterocycles. The fourth-order valence-electron chi connectivity index (χ4n) is 1.89. The quantitative estimate of drug-likeness (QED) is 0.482. The molecule has 1 aromatic carbocycles. The molecule has 0 atom stereocenters. The second kappa shape index (κ2) is 6.25. The van der Waals surface area contributed by atoms with Gasteiger partial charge in [-0.25, -0.2) is 4.98 Å². The van der Waals surface area contributed by atoms with E-state index in [1.165, 1.54) is 12.1 Å². The maximum atomic E-state index is 13.3. The Hall–Kier alpha value is -2.28. The van der Waals surface area contributed by atoms with Crippen LogP contribution < -0.4 is 5.32 Å². The Labute approximate surface area is 115 Å². The molecule has 0 saturated carbocycles. The number of halogens is 1. The van der Waals surface area contributed by atoms with E-state index < -0.39 is 16.4 Å². The van der Waals surface area contributed by atoms with Crippen molar-refractivity contribution in [3.63, 3.8) is 0 Å². The van der Waals surface area contributed by atoms with E-state index in [9.17, 15) is 14.5 Å². The van der Waals surface area contributed by atoms with Gasteiger partial charge in [0.25, 0.3) is 0 Å². The summed E-state index contributed by atoms with van der Waals surface area (Å²) in [7, 11) is 1.88. The second-order valence-electron chi connectivity index (χ2n) is 4.37. The van der Waals surface area contributed by atoms with Crippen LogP contribution >= 0.6 is 0 Å². The number of aryl methyl sites for hydroxylation is 1. The molecule has 1 heterocycles. The predicted molar refractivity (Wildman–Crippen MR) is 72.9 cm³/mol. The van der Waals surface area contributed by atoms with E-state index in [0.717, 1.165) is 31.3 Å². The maximum Gasteiger partial charge on any atom is 0.305 e. The van der Waals surface area contributed by atoms with Crippen molar-refractivity contribution in [3.05, 3.63) is 46.2 Å². The summed E-state index contributed by atoms with van der Waals surface area (Å²) < 4.78 is 13.3. The first-order chi connectivity index (χ1) is 9.61. The summed E-state index contributed by atoms with van der Waals surface area (Å²) in [5.74, 6) is -0.0327. The second-order valence-corrected chi connectivity index (χ2v) is 4.37. The van der Waals surface area contributed by atoms with Gasteiger partial charge in [0.2, 0.25) is 5.82 Å². The van der Waals surface area contributed by atoms with Gasteiger partial charge in [0.15, 0.2) is 0 Å². The molecule has 0 fully saturated rings. The zero-order chi connectivity index (χ0) is 14.5. The molecule has 0 aliphatic carbocycles. The minimum Gasteiger partial charge on any atom is -0.342 e. The molecule has 0 bridgehead atoms. The summed E-state index contributed by atoms with van der Waals surface area (Å²) in [6.45, 7) is 0.887. The third-order valence-electron chi connectivity index (χ3n) is 2.92. The monoisotopic (exact) mass is 278 g/mol. The number of nitrogens with zero attached hydrogens (tertiary/aromatic N) is 2.